The van der Waals surface area contributed by atoms with Gasteiger partial charge in [0.1, 0.15) is 35.7 Å². The Morgan fingerprint density at radius 3 is 2.33 bits per heavy atom. The summed E-state index contributed by atoms with van der Waals surface area (Å²) in [5, 5.41) is 20.2. The van der Waals surface area contributed by atoms with E-state index in [1.807, 2.05) is 37.3 Å². The van der Waals surface area contributed by atoms with Crippen LogP contribution in [0.2, 0.25) is 0 Å². The van der Waals surface area contributed by atoms with Gasteiger partial charge in [0.2, 0.25) is 0 Å². The monoisotopic (exact) mass is 485 g/mol. The van der Waals surface area contributed by atoms with E-state index < -0.39 is 0 Å². The lowest BCUT2D eigenvalue weighted by atomic mass is 9.86. The van der Waals surface area contributed by atoms with E-state index in [0.29, 0.717) is 6.61 Å². The van der Waals surface area contributed by atoms with E-state index in [0.717, 1.165) is 45.9 Å². The summed E-state index contributed by atoms with van der Waals surface area (Å²) in [6.07, 6.45) is 6.27. The number of hydrogen-bond acceptors (Lipinski definition) is 5. The van der Waals surface area contributed by atoms with E-state index in [1.54, 1.807) is 24.3 Å². The van der Waals surface area contributed by atoms with Crippen LogP contribution in [0.3, 0.4) is 0 Å². The molecule has 36 heavy (non-hydrogen) atoms. The number of phenolic OH excluding ortho intramolecular Hbond substituents is 2. The van der Waals surface area contributed by atoms with Crippen LogP contribution in [0, 0.1) is 0 Å². The standard InChI is InChI=1S/C31H35NO4/c1-22-28-21-26(34)12-15-29(28)36-31(30(22)24-8-7-9-25(33)20-24)23-10-13-27(14-11-23)35-19-18-32-16-5-3-2-4-6-17-32/h7-15,20-21,31,33-34H,2-6,16-19H2,1H3. The van der Waals surface area contributed by atoms with Gasteiger partial charge in [-0.25, -0.2) is 0 Å². The number of likely N-dealkylation sites (tertiary alicyclic amines) is 1. The second kappa shape index (κ2) is 11.1. The summed E-state index contributed by atoms with van der Waals surface area (Å²) in [5.41, 5.74) is 4.72. The van der Waals surface area contributed by atoms with Crippen LogP contribution in [0.1, 0.15) is 61.8 Å². The number of phenols is 2. The van der Waals surface area contributed by atoms with Gasteiger partial charge in [0.05, 0.1) is 0 Å². The van der Waals surface area contributed by atoms with Gasteiger partial charge >= 0.3 is 0 Å². The molecule has 5 heteroatoms. The minimum Gasteiger partial charge on any atom is -0.508 e. The first kappa shape index (κ1) is 24.3. The molecule has 1 saturated heterocycles. The molecular formula is C31H35NO4. The molecule has 2 aliphatic rings. The van der Waals surface area contributed by atoms with Crippen LogP contribution >= 0.6 is 0 Å². The van der Waals surface area contributed by atoms with Crippen molar-refractivity contribution in [3.8, 4) is 23.0 Å². The molecule has 2 aliphatic heterocycles. The van der Waals surface area contributed by atoms with Gasteiger partial charge in [0.15, 0.2) is 0 Å². The maximum atomic E-state index is 10.1. The number of ether oxygens (including phenoxy) is 2. The number of allylic oxidation sites excluding steroid dienone is 1. The average molecular weight is 486 g/mol. The second-order valence-corrected chi connectivity index (χ2v) is 9.79. The lowest BCUT2D eigenvalue weighted by molar-refractivity contribution is 0.195. The van der Waals surface area contributed by atoms with Gasteiger partial charge in [-0.1, -0.05) is 43.5 Å². The molecule has 1 atom stereocenters. The molecule has 0 amide bonds. The summed E-state index contributed by atoms with van der Waals surface area (Å²) in [7, 11) is 0. The Hall–Kier alpha value is -3.44. The van der Waals surface area contributed by atoms with Gasteiger partial charge in [-0.15, -0.1) is 0 Å². The average Bonchev–Trinajstić information content (AvgIpc) is 2.86. The first-order chi connectivity index (χ1) is 17.6. The predicted molar refractivity (Wildman–Crippen MR) is 144 cm³/mol. The fraction of sp³-hybridized carbons (Fsp3) is 0.355. The van der Waals surface area contributed by atoms with Crippen LogP contribution in [-0.2, 0) is 0 Å². The molecule has 1 fully saturated rings. The number of hydrogen-bond donors (Lipinski definition) is 2. The Morgan fingerprint density at radius 2 is 1.58 bits per heavy atom. The molecule has 0 bridgehead atoms. The molecule has 3 aromatic carbocycles. The molecular weight excluding hydrogens is 450 g/mol. The molecule has 2 heterocycles. The molecule has 5 nitrogen and oxygen atoms in total. The number of aromatic hydroxyl groups is 2. The normalized spacial score (nSPS) is 18.6. The molecule has 0 aliphatic carbocycles. The molecule has 0 saturated carbocycles. The minimum absolute atomic E-state index is 0.197. The smallest absolute Gasteiger partial charge is 0.150 e. The van der Waals surface area contributed by atoms with Gasteiger partial charge < -0.3 is 19.7 Å². The van der Waals surface area contributed by atoms with Crippen LogP contribution in [0.5, 0.6) is 23.0 Å². The van der Waals surface area contributed by atoms with Crippen molar-refractivity contribution in [2.45, 2.75) is 45.1 Å². The molecule has 1 unspecified atom stereocenters. The maximum absolute atomic E-state index is 10.1. The highest BCUT2D eigenvalue weighted by atomic mass is 16.5. The van der Waals surface area contributed by atoms with Crippen molar-refractivity contribution in [3.05, 3.63) is 83.4 Å². The molecule has 5 rings (SSSR count). The SMILES string of the molecule is CC1=C(c2cccc(O)c2)C(c2ccc(OCCN3CCCCCCC3)cc2)Oc2ccc(O)cc21. The Bertz CT molecular complexity index is 1210. The zero-order chi connectivity index (χ0) is 24.9. The fourth-order valence-corrected chi connectivity index (χ4v) is 5.29. The van der Waals surface area contributed by atoms with E-state index in [4.69, 9.17) is 9.47 Å². The minimum atomic E-state index is -0.348. The van der Waals surface area contributed by atoms with Crippen molar-refractivity contribution in [2.24, 2.45) is 0 Å². The number of fused-ring (bicyclic) bond motifs is 1. The van der Waals surface area contributed by atoms with E-state index in [2.05, 4.69) is 17.0 Å². The Kier molecular flexibility index (Phi) is 7.47. The highest BCUT2D eigenvalue weighted by Crippen LogP contribution is 2.47. The molecule has 0 spiro atoms. The number of benzene rings is 3. The van der Waals surface area contributed by atoms with Crippen LogP contribution < -0.4 is 9.47 Å². The van der Waals surface area contributed by atoms with Gasteiger partial charge in [0, 0.05) is 17.7 Å². The zero-order valence-electron chi connectivity index (χ0n) is 21.0. The lowest BCUT2D eigenvalue weighted by Gasteiger charge is -2.31. The summed E-state index contributed by atoms with van der Waals surface area (Å²) >= 11 is 0. The van der Waals surface area contributed by atoms with Crippen molar-refractivity contribution in [2.75, 3.05) is 26.2 Å². The number of rotatable bonds is 6. The van der Waals surface area contributed by atoms with Crippen molar-refractivity contribution in [1.29, 1.82) is 0 Å². The van der Waals surface area contributed by atoms with E-state index >= 15 is 0 Å². The highest BCUT2D eigenvalue weighted by molar-refractivity contribution is 5.95. The van der Waals surface area contributed by atoms with Crippen molar-refractivity contribution < 1.29 is 19.7 Å². The van der Waals surface area contributed by atoms with Crippen molar-refractivity contribution in [1.82, 2.24) is 4.90 Å². The van der Waals surface area contributed by atoms with E-state index in [-0.39, 0.29) is 17.6 Å². The quantitative estimate of drug-likeness (QED) is 0.402. The topological polar surface area (TPSA) is 62.2 Å². The number of nitrogens with zero attached hydrogens (tertiary/aromatic N) is 1. The van der Waals surface area contributed by atoms with Crippen LogP contribution in [-0.4, -0.2) is 41.4 Å². The third kappa shape index (κ3) is 5.52. The van der Waals surface area contributed by atoms with Crippen molar-refractivity contribution in [3.63, 3.8) is 0 Å². The van der Waals surface area contributed by atoms with Gasteiger partial charge in [-0.3, -0.25) is 4.90 Å². The van der Waals surface area contributed by atoms with Crippen molar-refractivity contribution >= 4 is 11.1 Å². The van der Waals surface area contributed by atoms with Crippen LogP contribution in [0.4, 0.5) is 0 Å². The summed E-state index contributed by atoms with van der Waals surface area (Å²) < 4.78 is 12.6. The third-order valence-corrected chi connectivity index (χ3v) is 7.24. The Labute approximate surface area is 213 Å². The molecule has 0 aromatic heterocycles. The van der Waals surface area contributed by atoms with Gasteiger partial charge in [-0.05, 0) is 92.0 Å². The van der Waals surface area contributed by atoms with Crippen LogP contribution in [0.25, 0.3) is 11.1 Å². The Morgan fingerprint density at radius 1 is 0.861 bits per heavy atom. The first-order valence-corrected chi connectivity index (χ1v) is 13.0. The molecule has 2 N–H and O–H groups in total. The molecule has 188 valence electrons. The molecule has 3 aromatic rings. The zero-order valence-corrected chi connectivity index (χ0v) is 21.0. The fourth-order valence-electron chi connectivity index (χ4n) is 5.29. The van der Waals surface area contributed by atoms with Gasteiger partial charge in [0.25, 0.3) is 0 Å². The summed E-state index contributed by atoms with van der Waals surface area (Å²) in [6, 6.07) is 20.5. The second-order valence-electron chi connectivity index (χ2n) is 9.79. The highest BCUT2D eigenvalue weighted by Gasteiger charge is 2.29. The lowest BCUT2D eigenvalue weighted by Crippen LogP contribution is -2.31. The predicted octanol–water partition coefficient (Wildman–Crippen LogP) is 6.81. The van der Waals surface area contributed by atoms with Crippen LogP contribution in [0.15, 0.2) is 66.7 Å². The summed E-state index contributed by atoms with van der Waals surface area (Å²) in [4.78, 5) is 2.52. The third-order valence-electron chi connectivity index (χ3n) is 7.24. The Balaban J connectivity index is 1.35. The largest absolute Gasteiger partial charge is 0.508 e. The van der Waals surface area contributed by atoms with Gasteiger partial charge in [-0.2, -0.15) is 0 Å². The summed E-state index contributed by atoms with van der Waals surface area (Å²) in [5.74, 6) is 1.99. The van der Waals surface area contributed by atoms with E-state index in [1.165, 1.54) is 45.2 Å². The van der Waals surface area contributed by atoms with E-state index in [9.17, 15) is 10.2 Å². The molecule has 0 radical (unpaired) electrons. The maximum Gasteiger partial charge on any atom is 0.150 e. The summed E-state index contributed by atoms with van der Waals surface area (Å²) in [6.45, 7) is 6.02. The first-order valence-electron chi connectivity index (χ1n) is 13.0.